The van der Waals surface area contributed by atoms with Crippen molar-refractivity contribution in [3.8, 4) is 0 Å². The van der Waals surface area contributed by atoms with Gasteiger partial charge in [0.2, 0.25) is 10.0 Å². The second-order valence-corrected chi connectivity index (χ2v) is 9.38. The molecule has 0 bridgehead atoms. The van der Waals surface area contributed by atoms with Gasteiger partial charge in [-0.3, -0.25) is 9.79 Å². The number of rotatable bonds is 8. The quantitative estimate of drug-likeness (QED) is 0.286. The Morgan fingerprint density at radius 3 is 2.50 bits per heavy atom. The van der Waals surface area contributed by atoms with Crippen LogP contribution in [-0.4, -0.2) is 81.7 Å². The molecular weight excluding hydrogens is 521 g/mol. The molecule has 2 heterocycles. The summed E-state index contributed by atoms with van der Waals surface area (Å²) in [6, 6.07) is 3.37. The molecule has 1 saturated heterocycles. The third-order valence-electron chi connectivity index (χ3n) is 5.37. The summed E-state index contributed by atoms with van der Waals surface area (Å²) >= 11 is 0. The van der Waals surface area contributed by atoms with Gasteiger partial charge in [0.15, 0.2) is 11.7 Å². The van der Waals surface area contributed by atoms with Crippen LogP contribution in [-0.2, 0) is 10.0 Å². The Hall–Kier alpha value is -1.34. The highest BCUT2D eigenvalue weighted by atomic mass is 127. The summed E-state index contributed by atoms with van der Waals surface area (Å²) in [5.74, 6) is 1.39. The fourth-order valence-electron chi connectivity index (χ4n) is 3.39. The van der Waals surface area contributed by atoms with E-state index in [4.69, 9.17) is 4.42 Å². The molecule has 0 aromatic carbocycles. The van der Waals surface area contributed by atoms with Crippen molar-refractivity contribution >= 4 is 45.9 Å². The molecule has 3 rings (SSSR count). The summed E-state index contributed by atoms with van der Waals surface area (Å²) in [4.78, 5) is 20.7. The van der Waals surface area contributed by atoms with Gasteiger partial charge in [-0.1, -0.05) is 6.42 Å². The van der Waals surface area contributed by atoms with Gasteiger partial charge >= 0.3 is 0 Å². The molecule has 1 aromatic heterocycles. The maximum atomic E-state index is 12.4. The summed E-state index contributed by atoms with van der Waals surface area (Å²) in [7, 11) is -3.31. The standard InChI is InChI=1S/C19H31N5O4S.HI/c1-2-20-19(21-8-14-29(26,27)22-15-16-5-3-6-16)24-11-9-23(10-12-24)18(25)17-7-4-13-28-17;/h4,7,13,16,22H,2-3,5-6,8-12,14-15H2,1H3,(H,20,21);1H. The summed E-state index contributed by atoms with van der Waals surface area (Å²) in [6.07, 6.45) is 4.91. The Morgan fingerprint density at radius 1 is 1.23 bits per heavy atom. The molecule has 30 heavy (non-hydrogen) atoms. The summed E-state index contributed by atoms with van der Waals surface area (Å²) in [5.41, 5.74) is 0. The first-order chi connectivity index (χ1) is 14.0. The van der Waals surface area contributed by atoms with E-state index in [1.165, 1.54) is 12.7 Å². The number of halogens is 1. The maximum Gasteiger partial charge on any atom is 0.289 e. The number of hydrogen-bond donors (Lipinski definition) is 2. The van der Waals surface area contributed by atoms with Gasteiger partial charge in [0.1, 0.15) is 0 Å². The molecule has 2 fully saturated rings. The Morgan fingerprint density at radius 2 is 1.93 bits per heavy atom. The van der Waals surface area contributed by atoms with E-state index in [9.17, 15) is 13.2 Å². The monoisotopic (exact) mass is 553 g/mol. The third-order valence-corrected chi connectivity index (χ3v) is 6.70. The molecule has 0 unspecified atom stereocenters. The number of guanidine groups is 1. The molecule has 0 spiro atoms. The largest absolute Gasteiger partial charge is 0.459 e. The average Bonchev–Trinajstić information content (AvgIpc) is 3.20. The lowest BCUT2D eigenvalue weighted by atomic mass is 9.86. The van der Waals surface area contributed by atoms with E-state index in [2.05, 4.69) is 19.9 Å². The number of carbonyl (C=O) groups is 1. The zero-order valence-electron chi connectivity index (χ0n) is 17.4. The minimum Gasteiger partial charge on any atom is -0.459 e. The molecule has 1 amide bonds. The van der Waals surface area contributed by atoms with Crippen molar-refractivity contribution in [3.05, 3.63) is 24.2 Å². The minimum atomic E-state index is -3.31. The van der Waals surface area contributed by atoms with Gasteiger partial charge in [-0.25, -0.2) is 13.1 Å². The van der Waals surface area contributed by atoms with Crippen molar-refractivity contribution in [1.29, 1.82) is 0 Å². The van der Waals surface area contributed by atoms with E-state index in [1.54, 1.807) is 17.0 Å². The van der Waals surface area contributed by atoms with E-state index in [-0.39, 0.29) is 42.2 Å². The second kappa shape index (κ2) is 11.9. The molecule has 170 valence electrons. The summed E-state index contributed by atoms with van der Waals surface area (Å²) < 4.78 is 32.2. The average molecular weight is 553 g/mol. The van der Waals surface area contributed by atoms with Gasteiger partial charge in [0.25, 0.3) is 5.91 Å². The van der Waals surface area contributed by atoms with Crippen LogP contribution in [0.3, 0.4) is 0 Å². The molecule has 0 atom stereocenters. The van der Waals surface area contributed by atoms with Crippen LogP contribution in [0, 0.1) is 5.92 Å². The van der Waals surface area contributed by atoms with Crippen molar-refractivity contribution < 1.29 is 17.6 Å². The van der Waals surface area contributed by atoms with Crippen LogP contribution in [0.15, 0.2) is 27.8 Å². The molecule has 2 N–H and O–H groups in total. The molecular formula is C19H32IN5O4S. The van der Waals surface area contributed by atoms with Crippen molar-refractivity contribution in [2.24, 2.45) is 10.9 Å². The fraction of sp³-hybridized carbons (Fsp3) is 0.684. The normalized spacial score (nSPS) is 18.0. The zero-order chi connectivity index (χ0) is 20.7. The SMILES string of the molecule is CCNC(=NCCS(=O)(=O)NCC1CCC1)N1CCN(C(=O)c2ccco2)CC1.I. The van der Waals surface area contributed by atoms with Crippen LogP contribution in [0.4, 0.5) is 0 Å². The van der Waals surface area contributed by atoms with Gasteiger partial charge < -0.3 is 19.5 Å². The number of furan rings is 1. The lowest BCUT2D eigenvalue weighted by Crippen LogP contribution is -2.53. The van der Waals surface area contributed by atoms with Crippen molar-refractivity contribution in [2.75, 3.05) is 51.6 Å². The smallest absolute Gasteiger partial charge is 0.289 e. The maximum absolute atomic E-state index is 12.4. The number of sulfonamides is 1. The predicted octanol–water partition coefficient (Wildman–Crippen LogP) is 1.34. The number of nitrogens with one attached hydrogen (secondary N) is 2. The number of hydrogen-bond acceptors (Lipinski definition) is 5. The number of amides is 1. The lowest BCUT2D eigenvalue weighted by molar-refractivity contribution is 0.0657. The Bertz CT molecular complexity index is 788. The highest BCUT2D eigenvalue weighted by Crippen LogP contribution is 2.25. The van der Waals surface area contributed by atoms with Gasteiger partial charge in [-0.2, -0.15) is 0 Å². The molecule has 1 aliphatic heterocycles. The Kier molecular flexibility index (Phi) is 9.88. The molecule has 1 saturated carbocycles. The number of aliphatic imine (C=N–C) groups is 1. The van der Waals surface area contributed by atoms with Crippen LogP contribution >= 0.6 is 24.0 Å². The van der Waals surface area contributed by atoms with Crippen LogP contribution in [0.25, 0.3) is 0 Å². The number of piperazine rings is 1. The van der Waals surface area contributed by atoms with Crippen LogP contribution in [0.1, 0.15) is 36.7 Å². The van der Waals surface area contributed by atoms with E-state index >= 15 is 0 Å². The Labute approximate surface area is 195 Å². The molecule has 2 aliphatic rings. The summed E-state index contributed by atoms with van der Waals surface area (Å²) in [6.45, 7) is 5.79. The molecule has 0 radical (unpaired) electrons. The second-order valence-electron chi connectivity index (χ2n) is 7.46. The van der Waals surface area contributed by atoms with Crippen LogP contribution in [0.2, 0.25) is 0 Å². The summed E-state index contributed by atoms with van der Waals surface area (Å²) in [5, 5.41) is 3.22. The van der Waals surface area contributed by atoms with Crippen LogP contribution < -0.4 is 10.0 Å². The van der Waals surface area contributed by atoms with E-state index < -0.39 is 10.0 Å². The first-order valence-corrected chi connectivity index (χ1v) is 12.0. The number of carbonyl (C=O) groups excluding carboxylic acids is 1. The highest BCUT2D eigenvalue weighted by Gasteiger charge is 2.25. The highest BCUT2D eigenvalue weighted by molar-refractivity contribution is 14.0. The van der Waals surface area contributed by atoms with E-state index in [0.717, 1.165) is 12.8 Å². The van der Waals surface area contributed by atoms with Crippen molar-refractivity contribution in [3.63, 3.8) is 0 Å². The predicted molar refractivity (Wildman–Crippen MR) is 127 cm³/mol. The third kappa shape index (κ3) is 7.12. The van der Waals surface area contributed by atoms with Gasteiger partial charge in [0, 0.05) is 39.3 Å². The number of nitrogens with zero attached hydrogens (tertiary/aromatic N) is 3. The zero-order valence-corrected chi connectivity index (χ0v) is 20.5. The molecule has 9 nitrogen and oxygen atoms in total. The lowest BCUT2D eigenvalue weighted by Gasteiger charge is -2.36. The first-order valence-electron chi connectivity index (χ1n) is 10.3. The first kappa shape index (κ1) is 24.9. The molecule has 11 heteroatoms. The van der Waals surface area contributed by atoms with E-state index in [0.29, 0.717) is 56.9 Å². The fourth-order valence-corrected chi connectivity index (χ4v) is 4.35. The van der Waals surface area contributed by atoms with Gasteiger partial charge in [-0.05, 0) is 37.8 Å². The van der Waals surface area contributed by atoms with E-state index in [1.807, 2.05) is 6.92 Å². The molecule has 1 aliphatic carbocycles. The van der Waals surface area contributed by atoms with Crippen molar-refractivity contribution in [2.45, 2.75) is 26.2 Å². The van der Waals surface area contributed by atoms with Crippen LogP contribution in [0.5, 0.6) is 0 Å². The van der Waals surface area contributed by atoms with Gasteiger partial charge in [-0.15, -0.1) is 24.0 Å². The minimum absolute atomic E-state index is 0. The van der Waals surface area contributed by atoms with Crippen molar-refractivity contribution in [1.82, 2.24) is 19.8 Å². The Balaban J connectivity index is 0.00000320. The molecule has 1 aromatic rings. The van der Waals surface area contributed by atoms with Gasteiger partial charge in [0.05, 0.1) is 18.6 Å². The topological polar surface area (TPSA) is 107 Å².